The van der Waals surface area contributed by atoms with E-state index < -0.39 is 0 Å². The van der Waals surface area contributed by atoms with E-state index >= 15 is 0 Å². The van der Waals surface area contributed by atoms with E-state index in [0.29, 0.717) is 24.8 Å². The average molecular weight is 388 g/mol. The minimum Gasteiger partial charge on any atom is -0.497 e. The van der Waals surface area contributed by atoms with Crippen molar-refractivity contribution < 1.29 is 14.3 Å². The lowest BCUT2D eigenvalue weighted by atomic mass is 9.93. The van der Waals surface area contributed by atoms with E-state index in [1.165, 1.54) is 12.8 Å². The quantitative estimate of drug-likeness (QED) is 0.815. The Hall–Kier alpha value is -2.08. The van der Waals surface area contributed by atoms with Crippen molar-refractivity contribution in [1.82, 2.24) is 10.2 Å². The highest BCUT2D eigenvalue weighted by molar-refractivity contribution is 6.00. The van der Waals surface area contributed by atoms with Crippen LogP contribution in [0.4, 0.5) is 5.69 Å². The number of ether oxygens (including phenoxy) is 1. The summed E-state index contributed by atoms with van der Waals surface area (Å²) in [5, 5.41) is 3.11. The second-order valence-electron chi connectivity index (χ2n) is 8.83. The number of piperidine rings is 1. The standard InChI is InChI=1S/C22H33N3O3/c1-16-7-6-10-24(13-16)22(2,3)15-23-21(27)17-11-20(26)25(14-17)18-8-5-9-19(12-18)28-4/h5,8-9,12,16-17H,6-7,10-11,13-15H2,1-4H3,(H,23,27). The van der Waals surface area contributed by atoms with Gasteiger partial charge in [-0.15, -0.1) is 0 Å². The first-order valence-electron chi connectivity index (χ1n) is 10.3. The van der Waals surface area contributed by atoms with Gasteiger partial charge in [-0.25, -0.2) is 0 Å². The second kappa shape index (κ2) is 8.52. The Kier molecular flexibility index (Phi) is 6.28. The maximum absolute atomic E-state index is 12.8. The van der Waals surface area contributed by atoms with Gasteiger partial charge in [-0.05, 0) is 51.3 Å². The summed E-state index contributed by atoms with van der Waals surface area (Å²) in [6.45, 7) is 9.84. The van der Waals surface area contributed by atoms with Crippen molar-refractivity contribution >= 4 is 17.5 Å². The summed E-state index contributed by atoms with van der Waals surface area (Å²) in [6, 6.07) is 7.41. The van der Waals surface area contributed by atoms with Crippen LogP contribution in [0, 0.1) is 11.8 Å². The van der Waals surface area contributed by atoms with E-state index in [1.54, 1.807) is 12.0 Å². The molecule has 2 saturated heterocycles. The molecule has 0 aromatic heterocycles. The molecule has 2 amide bonds. The zero-order valence-electron chi connectivity index (χ0n) is 17.5. The van der Waals surface area contributed by atoms with Crippen LogP contribution in [0.25, 0.3) is 0 Å². The van der Waals surface area contributed by atoms with Gasteiger partial charge in [0.25, 0.3) is 0 Å². The van der Waals surface area contributed by atoms with Gasteiger partial charge in [0.15, 0.2) is 0 Å². The minimum absolute atomic E-state index is 0.0162. The lowest BCUT2D eigenvalue weighted by Gasteiger charge is -2.43. The van der Waals surface area contributed by atoms with Crippen LogP contribution in [0.3, 0.4) is 0 Å². The number of amides is 2. The molecule has 0 radical (unpaired) electrons. The van der Waals surface area contributed by atoms with Crippen LogP contribution in [0.5, 0.6) is 5.75 Å². The fourth-order valence-electron chi connectivity index (χ4n) is 4.21. The van der Waals surface area contributed by atoms with Crippen LogP contribution in [-0.2, 0) is 9.59 Å². The third kappa shape index (κ3) is 4.66. The predicted octanol–water partition coefficient (Wildman–Crippen LogP) is 2.67. The number of methoxy groups -OCH3 is 1. The van der Waals surface area contributed by atoms with Gasteiger partial charge in [-0.3, -0.25) is 14.5 Å². The number of rotatable bonds is 6. The van der Waals surface area contributed by atoms with Crippen molar-refractivity contribution in [2.24, 2.45) is 11.8 Å². The molecule has 0 aliphatic carbocycles. The average Bonchev–Trinajstić information content (AvgIpc) is 3.08. The highest BCUT2D eigenvalue weighted by Gasteiger charge is 2.36. The molecule has 2 unspecified atom stereocenters. The molecular weight excluding hydrogens is 354 g/mol. The number of benzene rings is 1. The number of hydrogen-bond donors (Lipinski definition) is 1. The minimum atomic E-state index is -0.310. The van der Waals surface area contributed by atoms with Gasteiger partial charge in [0.1, 0.15) is 5.75 Å². The highest BCUT2D eigenvalue weighted by Crippen LogP contribution is 2.28. The van der Waals surface area contributed by atoms with Gasteiger partial charge >= 0.3 is 0 Å². The topological polar surface area (TPSA) is 61.9 Å². The molecule has 0 bridgehead atoms. The van der Waals surface area contributed by atoms with Crippen molar-refractivity contribution in [3.05, 3.63) is 24.3 Å². The first kappa shape index (κ1) is 20.6. The van der Waals surface area contributed by atoms with Crippen LogP contribution >= 0.6 is 0 Å². The van der Waals surface area contributed by atoms with E-state index in [2.05, 4.69) is 31.0 Å². The molecule has 2 atom stereocenters. The van der Waals surface area contributed by atoms with Crippen molar-refractivity contribution in [3.8, 4) is 5.75 Å². The lowest BCUT2D eigenvalue weighted by molar-refractivity contribution is -0.126. The fraction of sp³-hybridized carbons (Fsp3) is 0.636. The van der Waals surface area contributed by atoms with Crippen molar-refractivity contribution in [2.45, 2.75) is 45.6 Å². The van der Waals surface area contributed by atoms with E-state index in [1.807, 2.05) is 24.3 Å². The van der Waals surface area contributed by atoms with E-state index in [0.717, 1.165) is 18.8 Å². The summed E-state index contributed by atoms with van der Waals surface area (Å²) in [5.41, 5.74) is 0.696. The summed E-state index contributed by atoms with van der Waals surface area (Å²) < 4.78 is 5.24. The van der Waals surface area contributed by atoms with Crippen LogP contribution in [0.2, 0.25) is 0 Å². The monoisotopic (exact) mass is 387 g/mol. The molecule has 154 valence electrons. The van der Waals surface area contributed by atoms with Crippen molar-refractivity contribution in [3.63, 3.8) is 0 Å². The Morgan fingerprint density at radius 1 is 1.32 bits per heavy atom. The van der Waals surface area contributed by atoms with E-state index in [9.17, 15) is 9.59 Å². The summed E-state index contributed by atoms with van der Waals surface area (Å²) in [7, 11) is 1.60. The molecule has 1 N–H and O–H groups in total. The Bertz CT molecular complexity index is 719. The molecular formula is C22H33N3O3. The van der Waals surface area contributed by atoms with Gasteiger partial charge < -0.3 is 15.0 Å². The maximum Gasteiger partial charge on any atom is 0.227 e. The number of hydrogen-bond acceptors (Lipinski definition) is 4. The maximum atomic E-state index is 12.8. The number of anilines is 1. The van der Waals surface area contributed by atoms with Gasteiger partial charge in [0.05, 0.1) is 13.0 Å². The molecule has 1 aromatic rings. The molecule has 2 aliphatic heterocycles. The van der Waals surface area contributed by atoms with Gasteiger partial charge in [0.2, 0.25) is 11.8 Å². The third-order valence-corrected chi connectivity index (χ3v) is 6.07. The predicted molar refractivity (Wildman–Crippen MR) is 111 cm³/mol. The lowest BCUT2D eigenvalue weighted by Crippen LogP contribution is -2.55. The SMILES string of the molecule is COc1cccc(N2CC(C(=O)NCC(C)(C)N3CCCC(C)C3)CC2=O)c1. The zero-order chi connectivity index (χ0) is 20.3. The largest absolute Gasteiger partial charge is 0.497 e. The van der Waals surface area contributed by atoms with Crippen molar-refractivity contribution in [2.75, 3.05) is 38.2 Å². The first-order valence-corrected chi connectivity index (χ1v) is 10.3. The molecule has 0 spiro atoms. The van der Waals surface area contributed by atoms with E-state index in [4.69, 9.17) is 4.74 Å². The molecule has 2 aliphatic rings. The zero-order valence-corrected chi connectivity index (χ0v) is 17.5. The van der Waals surface area contributed by atoms with Crippen LogP contribution in [0.1, 0.15) is 40.0 Å². The van der Waals surface area contributed by atoms with E-state index in [-0.39, 0.29) is 29.7 Å². The molecule has 1 aromatic carbocycles. The molecule has 6 heteroatoms. The summed E-state index contributed by atoms with van der Waals surface area (Å²) >= 11 is 0. The highest BCUT2D eigenvalue weighted by atomic mass is 16.5. The second-order valence-corrected chi connectivity index (χ2v) is 8.83. The summed E-state index contributed by atoms with van der Waals surface area (Å²) in [5.74, 6) is 1.05. The smallest absolute Gasteiger partial charge is 0.227 e. The number of nitrogens with one attached hydrogen (secondary N) is 1. The Balaban J connectivity index is 1.57. The number of nitrogens with zero attached hydrogens (tertiary/aromatic N) is 2. The fourth-order valence-corrected chi connectivity index (χ4v) is 4.21. The van der Waals surface area contributed by atoms with Crippen LogP contribution in [-0.4, -0.2) is 55.5 Å². The van der Waals surface area contributed by atoms with Crippen molar-refractivity contribution in [1.29, 1.82) is 0 Å². The molecule has 2 fully saturated rings. The summed E-state index contributed by atoms with van der Waals surface area (Å²) in [6.07, 6.45) is 2.75. The molecule has 6 nitrogen and oxygen atoms in total. The van der Waals surface area contributed by atoms with Crippen LogP contribution in [0.15, 0.2) is 24.3 Å². The van der Waals surface area contributed by atoms with Crippen LogP contribution < -0.4 is 15.0 Å². The molecule has 3 rings (SSSR count). The van der Waals surface area contributed by atoms with Gasteiger partial charge in [-0.1, -0.05) is 13.0 Å². The molecule has 28 heavy (non-hydrogen) atoms. The Labute approximate surface area is 168 Å². The third-order valence-electron chi connectivity index (χ3n) is 6.07. The Morgan fingerprint density at radius 2 is 2.11 bits per heavy atom. The number of likely N-dealkylation sites (tertiary alicyclic amines) is 1. The number of carbonyl (C=O) groups is 2. The van der Waals surface area contributed by atoms with Gasteiger partial charge in [0, 0.05) is 43.3 Å². The van der Waals surface area contributed by atoms with Gasteiger partial charge in [-0.2, -0.15) is 0 Å². The Morgan fingerprint density at radius 3 is 2.82 bits per heavy atom. The normalized spacial score (nSPS) is 23.7. The number of carbonyl (C=O) groups excluding carboxylic acids is 2. The molecule has 0 saturated carbocycles. The first-order chi connectivity index (χ1) is 13.3. The molecule has 2 heterocycles. The summed E-state index contributed by atoms with van der Waals surface area (Å²) in [4.78, 5) is 29.4.